The molecule has 1 aromatic rings. The lowest BCUT2D eigenvalue weighted by Gasteiger charge is -2.52. The number of ether oxygens (including phenoxy) is 2. The van der Waals surface area contributed by atoms with Crippen molar-refractivity contribution in [3.05, 3.63) is 35.4 Å². The highest BCUT2D eigenvalue weighted by Gasteiger charge is 2.80. The van der Waals surface area contributed by atoms with Gasteiger partial charge in [-0.1, -0.05) is 25.5 Å². The van der Waals surface area contributed by atoms with Gasteiger partial charge < -0.3 is 9.47 Å². The summed E-state index contributed by atoms with van der Waals surface area (Å²) in [5.41, 5.74) is -2.69. The van der Waals surface area contributed by atoms with Gasteiger partial charge in [0.1, 0.15) is 6.10 Å². The van der Waals surface area contributed by atoms with E-state index in [9.17, 15) is 15.8 Å². The third-order valence-electron chi connectivity index (χ3n) is 6.94. The van der Waals surface area contributed by atoms with Gasteiger partial charge in [0.05, 0.1) is 35.8 Å². The summed E-state index contributed by atoms with van der Waals surface area (Å²) < 4.78 is 12.3. The molecule has 0 amide bonds. The Kier molecular flexibility index (Phi) is 4.13. The maximum absolute atomic E-state index is 10.3. The molecule has 3 fully saturated rings. The molecule has 1 saturated carbocycles. The average Bonchev–Trinajstić information content (AvgIpc) is 2.97. The van der Waals surface area contributed by atoms with Gasteiger partial charge >= 0.3 is 0 Å². The Bertz CT molecular complexity index is 1020. The molecule has 5 unspecified atom stereocenters. The van der Waals surface area contributed by atoms with E-state index >= 15 is 0 Å². The van der Waals surface area contributed by atoms with E-state index < -0.39 is 28.6 Å². The van der Waals surface area contributed by atoms with Crippen LogP contribution in [0.2, 0.25) is 0 Å². The van der Waals surface area contributed by atoms with Crippen LogP contribution in [0.5, 0.6) is 0 Å². The van der Waals surface area contributed by atoms with E-state index in [-0.39, 0.29) is 5.90 Å². The van der Waals surface area contributed by atoms with Crippen molar-refractivity contribution in [1.82, 2.24) is 0 Å². The Morgan fingerprint density at radius 3 is 2.34 bits per heavy atom. The molecule has 29 heavy (non-hydrogen) atoms. The first-order valence-electron chi connectivity index (χ1n) is 9.66. The topological polar surface area (TPSA) is 137 Å². The molecule has 0 spiro atoms. The summed E-state index contributed by atoms with van der Waals surface area (Å²) in [5, 5.41) is 48.3. The first kappa shape index (κ1) is 18.9. The summed E-state index contributed by atoms with van der Waals surface area (Å²) in [4.78, 5) is 0. The number of nitriles is 4. The third-order valence-corrected chi connectivity index (χ3v) is 6.94. The van der Waals surface area contributed by atoms with Crippen LogP contribution in [0, 0.1) is 73.4 Å². The van der Waals surface area contributed by atoms with Crippen molar-refractivity contribution in [3.63, 3.8) is 0 Å². The fourth-order valence-corrected chi connectivity index (χ4v) is 5.32. The smallest absolute Gasteiger partial charge is 0.217 e. The quantitative estimate of drug-likeness (QED) is 0.823. The molecule has 0 radical (unpaired) electrons. The summed E-state index contributed by atoms with van der Waals surface area (Å²) in [7, 11) is 0. The van der Waals surface area contributed by atoms with Crippen molar-refractivity contribution < 1.29 is 9.47 Å². The van der Waals surface area contributed by atoms with Crippen molar-refractivity contribution in [1.29, 1.82) is 26.5 Å². The van der Waals surface area contributed by atoms with Gasteiger partial charge in [0.25, 0.3) is 0 Å². The number of nitrogens with zero attached hydrogens (tertiary/aromatic N) is 4. The van der Waals surface area contributed by atoms with Gasteiger partial charge in [0.2, 0.25) is 17.1 Å². The van der Waals surface area contributed by atoms with E-state index in [0.717, 1.165) is 12.8 Å². The van der Waals surface area contributed by atoms with Gasteiger partial charge in [0, 0.05) is 6.42 Å². The molecule has 1 aliphatic carbocycles. The molecule has 1 N–H and O–H groups in total. The lowest BCUT2D eigenvalue weighted by molar-refractivity contribution is -0.299. The molecule has 7 heteroatoms. The van der Waals surface area contributed by atoms with Crippen molar-refractivity contribution in [2.24, 2.45) is 22.7 Å². The van der Waals surface area contributed by atoms with Gasteiger partial charge in [-0.15, -0.1) is 0 Å². The molecule has 1 aromatic carbocycles. The summed E-state index contributed by atoms with van der Waals surface area (Å²) in [5.74, 6) is -1.77. The van der Waals surface area contributed by atoms with E-state index in [4.69, 9.17) is 20.1 Å². The Labute approximate surface area is 169 Å². The second-order valence-corrected chi connectivity index (χ2v) is 8.03. The van der Waals surface area contributed by atoms with Crippen LogP contribution in [0.1, 0.15) is 49.8 Å². The van der Waals surface area contributed by atoms with Gasteiger partial charge in [-0.25, -0.2) is 0 Å². The Balaban J connectivity index is 1.94. The van der Waals surface area contributed by atoms with Crippen LogP contribution in [-0.2, 0) is 9.47 Å². The fraction of sp³-hybridized carbons (Fsp3) is 0.500. The van der Waals surface area contributed by atoms with Crippen LogP contribution in [0.3, 0.4) is 0 Å². The molecule has 144 valence electrons. The highest BCUT2D eigenvalue weighted by molar-refractivity contribution is 5.89. The maximum atomic E-state index is 10.3. The number of rotatable bonds is 2. The third kappa shape index (κ3) is 2.14. The minimum Gasteiger partial charge on any atom is -0.447 e. The zero-order chi connectivity index (χ0) is 20.9. The molecule has 2 bridgehead atoms. The average molecular weight is 385 g/mol. The van der Waals surface area contributed by atoms with Crippen LogP contribution in [0.25, 0.3) is 0 Å². The van der Waals surface area contributed by atoms with Gasteiger partial charge in [-0.2, -0.15) is 21.0 Å². The molecular formula is C22H19N5O2. The zero-order valence-electron chi connectivity index (χ0n) is 16.0. The molecule has 7 nitrogen and oxygen atoms in total. The molecule has 2 heterocycles. The molecule has 2 aliphatic heterocycles. The standard InChI is InChI=1S/C22H19N5O2/c1-2-14-7-8-22-17(9-14)21(13-26,19(27)29-22)20(11-24,12-25)18(28-22)16-5-3-15(10-23)4-6-16/h3-6,14,17-18,27H,2,7-9H2,1H3. The largest absolute Gasteiger partial charge is 0.447 e. The minimum absolute atomic E-state index is 0.320. The number of hydrogen-bond donors (Lipinski definition) is 1. The Morgan fingerprint density at radius 2 is 1.79 bits per heavy atom. The molecule has 3 aliphatic rings. The second-order valence-electron chi connectivity index (χ2n) is 8.03. The first-order valence-corrected chi connectivity index (χ1v) is 9.66. The van der Waals surface area contributed by atoms with E-state index in [1.165, 1.54) is 0 Å². The molecule has 0 aromatic heterocycles. The minimum atomic E-state index is -1.94. The number of nitrogens with one attached hydrogen (secondary N) is 1. The lowest BCUT2D eigenvalue weighted by Crippen LogP contribution is -2.61. The predicted octanol–water partition coefficient (Wildman–Crippen LogP) is 3.70. The molecular weight excluding hydrogens is 366 g/mol. The van der Waals surface area contributed by atoms with Gasteiger partial charge in [-0.05, 0) is 36.5 Å². The Morgan fingerprint density at radius 1 is 1.10 bits per heavy atom. The zero-order valence-corrected chi connectivity index (χ0v) is 16.0. The monoisotopic (exact) mass is 385 g/mol. The van der Waals surface area contributed by atoms with Crippen molar-refractivity contribution in [3.8, 4) is 24.3 Å². The van der Waals surface area contributed by atoms with Crippen molar-refractivity contribution in [2.75, 3.05) is 0 Å². The van der Waals surface area contributed by atoms with Crippen molar-refractivity contribution in [2.45, 2.75) is 44.5 Å². The van der Waals surface area contributed by atoms with Crippen LogP contribution in [0.15, 0.2) is 24.3 Å². The number of hydrogen-bond acceptors (Lipinski definition) is 7. The fourth-order valence-electron chi connectivity index (χ4n) is 5.32. The maximum Gasteiger partial charge on any atom is 0.217 e. The number of benzene rings is 1. The van der Waals surface area contributed by atoms with E-state index in [1.54, 1.807) is 24.3 Å². The summed E-state index contributed by atoms with van der Waals surface area (Å²) in [6.45, 7) is 2.07. The van der Waals surface area contributed by atoms with Gasteiger partial charge in [0.15, 0.2) is 5.41 Å². The predicted molar refractivity (Wildman–Crippen MR) is 99.4 cm³/mol. The van der Waals surface area contributed by atoms with Gasteiger partial charge in [-0.3, -0.25) is 5.41 Å². The van der Waals surface area contributed by atoms with Crippen LogP contribution < -0.4 is 0 Å². The first-order chi connectivity index (χ1) is 14.0. The summed E-state index contributed by atoms with van der Waals surface area (Å²) >= 11 is 0. The molecule has 5 atom stereocenters. The Hall–Kier alpha value is -3.39. The highest BCUT2D eigenvalue weighted by Crippen LogP contribution is 2.70. The van der Waals surface area contributed by atoms with E-state index in [1.807, 2.05) is 6.07 Å². The van der Waals surface area contributed by atoms with E-state index in [2.05, 4.69) is 25.1 Å². The van der Waals surface area contributed by atoms with Crippen LogP contribution in [-0.4, -0.2) is 11.7 Å². The summed E-state index contributed by atoms with van der Waals surface area (Å²) in [6, 6.07) is 14.8. The highest BCUT2D eigenvalue weighted by atomic mass is 16.7. The second kappa shape index (κ2) is 6.31. The van der Waals surface area contributed by atoms with Crippen LogP contribution >= 0.6 is 0 Å². The van der Waals surface area contributed by atoms with Crippen molar-refractivity contribution >= 4 is 5.90 Å². The molecule has 4 rings (SSSR count). The SMILES string of the molecule is CCC1CCC23OC(=N)C(C#N)(C2C1)C(C#N)(C#N)C(c1ccc(C#N)cc1)O3. The van der Waals surface area contributed by atoms with E-state index in [0.29, 0.717) is 29.9 Å². The molecule has 2 saturated heterocycles. The summed E-state index contributed by atoms with van der Waals surface area (Å²) in [6.07, 6.45) is 1.74. The normalized spacial score (nSPS) is 36.4. The van der Waals surface area contributed by atoms with Crippen LogP contribution in [0.4, 0.5) is 0 Å². The lowest BCUT2D eigenvalue weighted by atomic mass is 9.50.